The molecule has 0 heterocycles. The monoisotopic (exact) mass is 242 g/mol. The van der Waals surface area contributed by atoms with Crippen molar-refractivity contribution in [3.05, 3.63) is 0 Å². The van der Waals surface area contributed by atoms with Gasteiger partial charge in [0, 0.05) is 19.1 Å². The highest BCUT2D eigenvalue weighted by Gasteiger charge is 2.21. The largest absolute Gasteiger partial charge is 0.481 e. The molecule has 2 N–H and O–H groups in total. The highest BCUT2D eigenvalue weighted by Crippen LogP contribution is 2.21. The van der Waals surface area contributed by atoms with E-state index in [0.717, 1.165) is 6.54 Å². The van der Waals surface area contributed by atoms with Gasteiger partial charge in [0.25, 0.3) is 0 Å². The van der Waals surface area contributed by atoms with E-state index in [0.29, 0.717) is 12.6 Å². The maximum absolute atomic E-state index is 11.4. The molecule has 1 unspecified atom stereocenters. The Hall–Kier alpha value is -1.10. The highest BCUT2D eigenvalue weighted by molar-refractivity contribution is 5.96. The number of hydrogen-bond acceptors (Lipinski definition) is 3. The van der Waals surface area contributed by atoms with Gasteiger partial charge in [-0.25, -0.2) is 0 Å². The SMILES string of the molecule is CC(C(=O)O)C(=O)NCCN(C)C1CCCC1. The number of nitrogens with zero attached hydrogens (tertiary/aromatic N) is 1. The molecule has 0 aromatic rings. The summed E-state index contributed by atoms with van der Waals surface area (Å²) >= 11 is 0. The van der Waals surface area contributed by atoms with Gasteiger partial charge in [-0.2, -0.15) is 0 Å². The standard InChI is InChI=1S/C12H22N2O3/c1-9(12(16)17)11(15)13-7-8-14(2)10-5-3-4-6-10/h9-10H,3-8H2,1-2H3,(H,13,15)(H,16,17). The van der Waals surface area contributed by atoms with Gasteiger partial charge in [-0.15, -0.1) is 0 Å². The molecule has 0 aromatic heterocycles. The van der Waals surface area contributed by atoms with Crippen molar-refractivity contribution in [3.63, 3.8) is 0 Å². The number of nitrogens with one attached hydrogen (secondary N) is 1. The predicted molar refractivity (Wildman–Crippen MR) is 64.7 cm³/mol. The molecule has 1 amide bonds. The summed E-state index contributed by atoms with van der Waals surface area (Å²) in [7, 11) is 2.06. The molecular weight excluding hydrogens is 220 g/mol. The first-order chi connectivity index (χ1) is 8.02. The number of carbonyl (C=O) groups is 2. The van der Waals surface area contributed by atoms with E-state index in [9.17, 15) is 9.59 Å². The normalized spacial score (nSPS) is 18.3. The van der Waals surface area contributed by atoms with Crippen LogP contribution in [0.5, 0.6) is 0 Å². The van der Waals surface area contributed by atoms with Crippen LogP contribution in [0, 0.1) is 5.92 Å². The van der Waals surface area contributed by atoms with E-state index >= 15 is 0 Å². The number of carboxylic acids is 1. The maximum Gasteiger partial charge on any atom is 0.315 e. The van der Waals surface area contributed by atoms with Crippen molar-refractivity contribution >= 4 is 11.9 Å². The Bertz CT molecular complexity index is 275. The molecule has 0 saturated heterocycles. The van der Waals surface area contributed by atoms with E-state index in [1.807, 2.05) is 0 Å². The molecule has 0 aromatic carbocycles. The Morgan fingerprint density at radius 2 is 2.00 bits per heavy atom. The lowest BCUT2D eigenvalue weighted by atomic mass is 10.2. The summed E-state index contributed by atoms with van der Waals surface area (Å²) in [4.78, 5) is 24.2. The molecule has 98 valence electrons. The molecule has 1 fully saturated rings. The van der Waals surface area contributed by atoms with E-state index in [1.165, 1.54) is 32.6 Å². The van der Waals surface area contributed by atoms with Crippen LogP contribution in [-0.4, -0.2) is 48.1 Å². The fourth-order valence-electron chi connectivity index (χ4n) is 2.15. The van der Waals surface area contributed by atoms with Gasteiger partial charge in [0.1, 0.15) is 5.92 Å². The quantitative estimate of drug-likeness (QED) is 0.673. The zero-order chi connectivity index (χ0) is 12.8. The van der Waals surface area contributed by atoms with Crippen LogP contribution in [0.2, 0.25) is 0 Å². The number of carbonyl (C=O) groups excluding carboxylic acids is 1. The van der Waals surface area contributed by atoms with Crippen molar-refractivity contribution in [2.24, 2.45) is 5.92 Å². The van der Waals surface area contributed by atoms with Crippen LogP contribution in [-0.2, 0) is 9.59 Å². The Balaban J connectivity index is 2.18. The second-order valence-corrected chi connectivity index (χ2v) is 4.77. The van der Waals surface area contributed by atoms with Crippen molar-refractivity contribution in [2.75, 3.05) is 20.1 Å². The summed E-state index contributed by atoms with van der Waals surface area (Å²) in [6.45, 7) is 2.70. The van der Waals surface area contributed by atoms with Crippen molar-refractivity contribution in [1.82, 2.24) is 10.2 Å². The Kier molecular flexibility index (Phi) is 5.41. The van der Waals surface area contributed by atoms with Gasteiger partial charge in [-0.05, 0) is 26.8 Å². The van der Waals surface area contributed by atoms with Crippen LogP contribution in [0.4, 0.5) is 0 Å². The molecule has 1 aliphatic carbocycles. The van der Waals surface area contributed by atoms with Gasteiger partial charge in [-0.1, -0.05) is 12.8 Å². The Labute approximate surface area is 102 Å². The molecule has 1 rings (SSSR count). The zero-order valence-corrected chi connectivity index (χ0v) is 10.6. The average Bonchev–Trinajstić information content (AvgIpc) is 2.80. The lowest BCUT2D eigenvalue weighted by Crippen LogP contribution is -2.40. The number of amides is 1. The summed E-state index contributed by atoms with van der Waals surface area (Å²) in [5, 5.41) is 11.3. The molecule has 0 spiro atoms. The highest BCUT2D eigenvalue weighted by atomic mass is 16.4. The molecule has 0 bridgehead atoms. The second kappa shape index (κ2) is 6.59. The lowest BCUT2D eigenvalue weighted by Gasteiger charge is -2.24. The molecule has 1 aliphatic rings. The molecule has 5 nitrogen and oxygen atoms in total. The van der Waals surface area contributed by atoms with Crippen LogP contribution >= 0.6 is 0 Å². The number of likely N-dealkylation sites (N-methyl/N-ethyl adjacent to an activating group) is 1. The maximum atomic E-state index is 11.4. The minimum atomic E-state index is -1.08. The van der Waals surface area contributed by atoms with Gasteiger partial charge in [0.15, 0.2) is 0 Å². The number of hydrogen-bond donors (Lipinski definition) is 2. The molecule has 1 atom stereocenters. The fraction of sp³-hybridized carbons (Fsp3) is 0.833. The molecule has 17 heavy (non-hydrogen) atoms. The van der Waals surface area contributed by atoms with Crippen molar-refractivity contribution in [1.29, 1.82) is 0 Å². The van der Waals surface area contributed by atoms with Gasteiger partial charge < -0.3 is 15.3 Å². The van der Waals surface area contributed by atoms with Gasteiger partial charge >= 0.3 is 5.97 Å². The molecule has 0 radical (unpaired) electrons. The lowest BCUT2D eigenvalue weighted by molar-refractivity contribution is -0.146. The summed E-state index contributed by atoms with van der Waals surface area (Å²) < 4.78 is 0. The van der Waals surface area contributed by atoms with Crippen LogP contribution in [0.25, 0.3) is 0 Å². The van der Waals surface area contributed by atoms with Gasteiger partial charge in [0.05, 0.1) is 0 Å². The van der Waals surface area contributed by atoms with Crippen LogP contribution in [0.15, 0.2) is 0 Å². The number of rotatable bonds is 6. The van der Waals surface area contributed by atoms with Crippen molar-refractivity contribution < 1.29 is 14.7 Å². The minimum Gasteiger partial charge on any atom is -0.481 e. The smallest absolute Gasteiger partial charge is 0.315 e. The topological polar surface area (TPSA) is 69.6 Å². The summed E-state index contributed by atoms with van der Waals surface area (Å²) in [6.07, 6.45) is 5.04. The second-order valence-electron chi connectivity index (χ2n) is 4.77. The average molecular weight is 242 g/mol. The Morgan fingerprint density at radius 1 is 1.41 bits per heavy atom. The van der Waals surface area contributed by atoms with Gasteiger partial charge in [0.2, 0.25) is 5.91 Å². The van der Waals surface area contributed by atoms with E-state index in [1.54, 1.807) is 0 Å². The van der Waals surface area contributed by atoms with E-state index in [2.05, 4.69) is 17.3 Å². The van der Waals surface area contributed by atoms with Crippen molar-refractivity contribution in [3.8, 4) is 0 Å². The third-order valence-electron chi connectivity index (χ3n) is 3.48. The minimum absolute atomic E-state index is 0.405. The van der Waals surface area contributed by atoms with E-state index in [4.69, 9.17) is 5.11 Å². The zero-order valence-electron chi connectivity index (χ0n) is 10.6. The first-order valence-corrected chi connectivity index (χ1v) is 6.23. The van der Waals surface area contributed by atoms with E-state index < -0.39 is 17.8 Å². The fourth-order valence-corrected chi connectivity index (χ4v) is 2.15. The van der Waals surface area contributed by atoms with Crippen LogP contribution in [0.3, 0.4) is 0 Å². The third kappa shape index (κ3) is 4.34. The van der Waals surface area contributed by atoms with Crippen LogP contribution in [0.1, 0.15) is 32.6 Å². The first-order valence-electron chi connectivity index (χ1n) is 6.23. The molecule has 0 aliphatic heterocycles. The molecule has 1 saturated carbocycles. The third-order valence-corrected chi connectivity index (χ3v) is 3.48. The first kappa shape index (κ1) is 14.0. The van der Waals surface area contributed by atoms with E-state index in [-0.39, 0.29) is 0 Å². The number of aliphatic carboxylic acids is 1. The molecular formula is C12H22N2O3. The summed E-state index contributed by atoms with van der Waals surface area (Å²) in [5.74, 6) is -2.45. The van der Waals surface area contributed by atoms with Crippen LogP contribution < -0.4 is 5.32 Å². The predicted octanol–water partition coefficient (Wildman–Crippen LogP) is 0.698. The molecule has 5 heteroatoms. The van der Waals surface area contributed by atoms with Gasteiger partial charge in [-0.3, -0.25) is 9.59 Å². The number of carboxylic acid groups (broad SMARTS) is 1. The summed E-state index contributed by atoms with van der Waals surface area (Å²) in [5.41, 5.74) is 0. The Morgan fingerprint density at radius 3 is 2.53 bits per heavy atom. The summed E-state index contributed by atoms with van der Waals surface area (Å²) in [6, 6.07) is 0.629. The van der Waals surface area contributed by atoms with Crippen molar-refractivity contribution in [2.45, 2.75) is 38.6 Å².